The van der Waals surface area contributed by atoms with E-state index in [0.717, 1.165) is 47.4 Å². The van der Waals surface area contributed by atoms with Gasteiger partial charge in [0.15, 0.2) is 0 Å². The highest BCUT2D eigenvalue weighted by atomic mass is 35.5. The first kappa shape index (κ1) is 22.8. The van der Waals surface area contributed by atoms with Crippen molar-refractivity contribution >= 4 is 28.2 Å². The molecule has 0 saturated heterocycles. The van der Waals surface area contributed by atoms with Crippen molar-refractivity contribution in [1.29, 1.82) is 0 Å². The van der Waals surface area contributed by atoms with Crippen molar-refractivity contribution in [1.82, 2.24) is 10.3 Å². The van der Waals surface area contributed by atoms with Gasteiger partial charge in [0.25, 0.3) is 0 Å². The van der Waals surface area contributed by atoms with E-state index < -0.39 is 0 Å². The zero-order valence-corrected chi connectivity index (χ0v) is 19.0. The van der Waals surface area contributed by atoms with Crippen molar-refractivity contribution in [2.24, 2.45) is 0 Å². The molecule has 1 heterocycles. The predicted octanol–water partition coefficient (Wildman–Crippen LogP) is 6.42. The lowest BCUT2D eigenvalue weighted by Crippen LogP contribution is -2.18. The predicted molar refractivity (Wildman–Crippen MR) is 131 cm³/mol. The number of rotatable bonds is 10. The average Bonchev–Trinajstić information content (AvgIpc) is 2.83. The molecule has 4 aromatic rings. The van der Waals surface area contributed by atoms with E-state index in [2.05, 4.69) is 15.6 Å². The van der Waals surface area contributed by atoms with Gasteiger partial charge in [0.1, 0.15) is 23.1 Å². The maximum absolute atomic E-state index is 13.5. The standard InChI is InChI=1S/C26H25ClFN3O2/c1-32-26-10-5-20(28)15-18(26)17-29-12-2-13-30-24-11-14-31-25-16-22(8-9-23(24)25)33-21-6-3-19(27)4-7-21/h3-11,14-16,29H,2,12-13,17H2,1H3,(H,30,31). The first-order valence-electron chi connectivity index (χ1n) is 10.7. The van der Waals surface area contributed by atoms with Gasteiger partial charge in [-0.25, -0.2) is 4.39 Å². The third kappa shape index (κ3) is 6.12. The minimum absolute atomic E-state index is 0.263. The van der Waals surface area contributed by atoms with Gasteiger partial charge in [-0.05, 0) is 73.6 Å². The van der Waals surface area contributed by atoms with E-state index in [4.69, 9.17) is 21.1 Å². The number of benzene rings is 3. The number of nitrogens with zero attached hydrogens (tertiary/aromatic N) is 1. The number of pyridine rings is 1. The van der Waals surface area contributed by atoms with Crippen LogP contribution in [0.5, 0.6) is 17.2 Å². The number of fused-ring (bicyclic) bond motifs is 1. The van der Waals surface area contributed by atoms with Gasteiger partial charge in [0, 0.05) is 47.0 Å². The Balaban J connectivity index is 1.30. The van der Waals surface area contributed by atoms with Crippen LogP contribution in [0.1, 0.15) is 12.0 Å². The Hall–Kier alpha value is -3.35. The molecule has 0 aliphatic rings. The van der Waals surface area contributed by atoms with Crippen molar-refractivity contribution in [2.45, 2.75) is 13.0 Å². The van der Waals surface area contributed by atoms with Gasteiger partial charge in [0.05, 0.1) is 12.6 Å². The number of ether oxygens (including phenoxy) is 2. The van der Waals surface area contributed by atoms with Crippen LogP contribution in [0.25, 0.3) is 10.9 Å². The molecule has 0 bridgehead atoms. The molecule has 7 heteroatoms. The molecule has 170 valence electrons. The van der Waals surface area contributed by atoms with Gasteiger partial charge in [-0.15, -0.1) is 0 Å². The molecule has 0 unspecified atom stereocenters. The number of hydrogen-bond acceptors (Lipinski definition) is 5. The molecule has 0 atom stereocenters. The Bertz CT molecular complexity index is 1220. The molecular formula is C26H25ClFN3O2. The number of halogens is 2. The summed E-state index contributed by atoms with van der Waals surface area (Å²) in [5, 5.41) is 8.51. The van der Waals surface area contributed by atoms with Crippen LogP contribution >= 0.6 is 11.6 Å². The highest BCUT2D eigenvalue weighted by Gasteiger charge is 2.06. The number of nitrogens with one attached hydrogen (secondary N) is 2. The Morgan fingerprint density at radius 1 is 0.939 bits per heavy atom. The second-order valence-corrected chi connectivity index (χ2v) is 7.94. The highest BCUT2D eigenvalue weighted by Crippen LogP contribution is 2.29. The van der Waals surface area contributed by atoms with Crippen LogP contribution in [0, 0.1) is 5.82 Å². The zero-order valence-electron chi connectivity index (χ0n) is 18.3. The fourth-order valence-electron chi connectivity index (χ4n) is 3.53. The molecule has 33 heavy (non-hydrogen) atoms. The van der Waals surface area contributed by atoms with Crippen molar-refractivity contribution in [3.05, 3.63) is 89.3 Å². The molecule has 2 N–H and O–H groups in total. The Kier molecular flexibility index (Phi) is 7.60. The van der Waals surface area contributed by atoms with Crippen LogP contribution in [0.3, 0.4) is 0 Å². The van der Waals surface area contributed by atoms with Gasteiger partial charge in [-0.2, -0.15) is 0 Å². The number of methoxy groups -OCH3 is 1. The Morgan fingerprint density at radius 3 is 2.58 bits per heavy atom. The molecule has 5 nitrogen and oxygen atoms in total. The van der Waals surface area contributed by atoms with E-state index in [1.165, 1.54) is 12.1 Å². The fraction of sp³-hybridized carbons (Fsp3) is 0.192. The van der Waals surface area contributed by atoms with E-state index in [1.54, 1.807) is 31.5 Å². The molecule has 3 aromatic carbocycles. The fourth-order valence-corrected chi connectivity index (χ4v) is 3.66. The molecule has 0 amide bonds. The molecule has 0 aliphatic heterocycles. The van der Waals surface area contributed by atoms with Gasteiger partial charge < -0.3 is 20.1 Å². The summed E-state index contributed by atoms with van der Waals surface area (Å²) in [5.74, 6) is 1.85. The van der Waals surface area contributed by atoms with E-state index in [9.17, 15) is 4.39 Å². The third-order valence-electron chi connectivity index (χ3n) is 5.17. The smallest absolute Gasteiger partial charge is 0.129 e. The van der Waals surface area contributed by atoms with Crippen LogP contribution in [0.15, 0.2) is 72.9 Å². The summed E-state index contributed by atoms with van der Waals surface area (Å²) in [7, 11) is 1.59. The van der Waals surface area contributed by atoms with Crippen LogP contribution in [0.2, 0.25) is 5.02 Å². The van der Waals surface area contributed by atoms with Crippen LogP contribution in [-0.4, -0.2) is 25.2 Å². The molecule has 0 fully saturated rings. The Morgan fingerprint density at radius 2 is 1.76 bits per heavy atom. The summed E-state index contributed by atoms with van der Waals surface area (Å²) in [4.78, 5) is 4.48. The monoisotopic (exact) mass is 465 g/mol. The van der Waals surface area contributed by atoms with Crippen LogP contribution < -0.4 is 20.1 Å². The summed E-state index contributed by atoms with van der Waals surface area (Å²) < 4.78 is 24.7. The summed E-state index contributed by atoms with van der Waals surface area (Å²) in [5.41, 5.74) is 2.68. The highest BCUT2D eigenvalue weighted by molar-refractivity contribution is 6.30. The number of hydrogen-bond donors (Lipinski definition) is 2. The SMILES string of the molecule is COc1ccc(F)cc1CNCCCNc1ccnc2cc(Oc3ccc(Cl)cc3)ccc12. The van der Waals surface area contributed by atoms with Crippen LogP contribution in [0.4, 0.5) is 10.1 Å². The molecule has 0 radical (unpaired) electrons. The lowest BCUT2D eigenvalue weighted by atomic mass is 10.1. The zero-order chi connectivity index (χ0) is 23.0. The topological polar surface area (TPSA) is 55.4 Å². The van der Waals surface area contributed by atoms with E-state index >= 15 is 0 Å². The lowest BCUT2D eigenvalue weighted by Gasteiger charge is -2.12. The number of aromatic nitrogens is 1. The van der Waals surface area contributed by atoms with Crippen molar-refractivity contribution < 1.29 is 13.9 Å². The second kappa shape index (κ2) is 11.0. The summed E-state index contributed by atoms with van der Waals surface area (Å²) >= 11 is 5.93. The molecule has 4 rings (SSSR count). The van der Waals surface area contributed by atoms with E-state index in [0.29, 0.717) is 23.1 Å². The van der Waals surface area contributed by atoms with Crippen molar-refractivity contribution in [2.75, 3.05) is 25.5 Å². The summed E-state index contributed by atoms with van der Waals surface area (Å²) in [6, 6.07) is 19.6. The first-order valence-corrected chi connectivity index (χ1v) is 11.1. The molecule has 0 spiro atoms. The van der Waals surface area contributed by atoms with Gasteiger partial charge in [0.2, 0.25) is 0 Å². The molecule has 0 saturated carbocycles. The summed E-state index contributed by atoms with van der Waals surface area (Å²) in [6.07, 6.45) is 2.68. The van der Waals surface area contributed by atoms with E-state index in [-0.39, 0.29) is 5.82 Å². The Labute approximate surface area is 197 Å². The molecule has 1 aromatic heterocycles. The van der Waals surface area contributed by atoms with Crippen molar-refractivity contribution in [3.63, 3.8) is 0 Å². The normalized spacial score (nSPS) is 10.9. The van der Waals surface area contributed by atoms with Crippen LogP contribution in [-0.2, 0) is 6.54 Å². The largest absolute Gasteiger partial charge is 0.496 e. The van der Waals surface area contributed by atoms with Gasteiger partial charge in [-0.1, -0.05) is 11.6 Å². The molecular weight excluding hydrogens is 441 g/mol. The van der Waals surface area contributed by atoms with Gasteiger partial charge in [-0.3, -0.25) is 4.98 Å². The minimum atomic E-state index is -0.263. The molecule has 0 aliphatic carbocycles. The summed E-state index contributed by atoms with van der Waals surface area (Å²) in [6.45, 7) is 2.12. The van der Waals surface area contributed by atoms with E-state index in [1.807, 2.05) is 36.4 Å². The van der Waals surface area contributed by atoms with Gasteiger partial charge >= 0.3 is 0 Å². The lowest BCUT2D eigenvalue weighted by molar-refractivity contribution is 0.406. The maximum Gasteiger partial charge on any atom is 0.129 e. The first-order chi connectivity index (χ1) is 16.1. The second-order valence-electron chi connectivity index (χ2n) is 7.51. The maximum atomic E-state index is 13.5. The third-order valence-corrected chi connectivity index (χ3v) is 5.42. The quantitative estimate of drug-likeness (QED) is 0.265. The minimum Gasteiger partial charge on any atom is -0.496 e. The van der Waals surface area contributed by atoms with Crippen molar-refractivity contribution in [3.8, 4) is 17.2 Å². The average molecular weight is 466 g/mol. The number of anilines is 1.